The molecular weight excluding hydrogens is 344 g/mol. The van der Waals surface area contributed by atoms with Crippen LogP contribution in [0, 0.1) is 0 Å². The Morgan fingerprint density at radius 2 is 2.08 bits per heavy atom. The summed E-state index contributed by atoms with van der Waals surface area (Å²) in [4.78, 5) is 15.0. The second kappa shape index (κ2) is 8.19. The van der Waals surface area contributed by atoms with Crippen LogP contribution in [0.15, 0.2) is 66.6 Å². The van der Waals surface area contributed by atoms with Crippen LogP contribution in [0.25, 0.3) is 10.8 Å². The Kier molecular flexibility index (Phi) is 5.73. The second-order valence-corrected chi connectivity index (χ2v) is 7.20. The highest BCUT2D eigenvalue weighted by Gasteiger charge is 2.24. The maximum atomic E-state index is 13.1. The van der Waals surface area contributed by atoms with E-state index < -0.39 is 0 Å². The van der Waals surface area contributed by atoms with E-state index in [4.69, 9.17) is 0 Å². The number of hydrogen-bond donors (Lipinski definition) is 0. The van der Waals surface area contributed by atoms with Gasteiger partial charge in [-0.2, -0.15) is 0 Å². The van der Waals surface area contributed by atoms with Crippen molar-refractivity contribution in [2.45, 2.75) is 30.8 Å². The molecule has 0 fully saturated rings. The molecule has 3 rings (SSSR count). The van der Waals surface area contributed by atoms with Crippen molar-refractivity contribution in [1.29, 1.82) is 0 Å². The van der Waals surface area contributed by atoms with E-state index in [-0.39, 0.29) is 11.2 Å². The molecule has 1 heterocycles. The number of hydrogen-bond acceptors (Lipinski definition) is 4. The van der Waals surface area contributed by atoms with E-state index in [2.05, 4.69) is 35.0 Å². The molecule has 0 saturated carbocycles. The average molecular weight is 366 g/mol. The lowest BCUT2D eigenvalue weighted by atomic mass is 10.1. The third-order valence-corrected chi connectivity index (χ3v) is 5.26. The first-order valence-corrected chi connectivity index (χ1v) is 9.48. The molecule has 1 amide bonds. The Balaban J connectivity index is 1.86. The van der Waals surface area contributed by atoms with E-state index in [0.717, 1.165) is 21.6 Å². The number of carbonyl (C=O) groups is 1. The van der Waals surface area contributed by atoms with Crippen molar-refractivity contribution in [3.05, 3.63) is 61.4 Å². The normalized spacial score (nSPS) is 12.1. The quantitative estimate of drug-likeness (QED) is 0.466. The fraction of sp³-hybridized carbons (Fsp3) is 0.250. The van der Waals surface area contributed by atoms with Gasteiger partial charge in [0.25, 0.3) is 0 Å². The topological polar surface area (TPSA) is 51.0 Å². The summed E-state index contributed by atoms with van der Waals surface area (Å²) in [6.07, 6.45) is 3.44. The van der Waals surface area contributed by atoms with Gasteiger partial charge >= 0.3 is 0 Å². The van der Waals surface area contributed by atoms with Crippen molar-refractivity contribution >= 4 is 34.1 Å². The van der Waals surface area contributed by atoms with Gasteiger partial charge in [0.15, 0.2) is 5.16 Å². The highest BCUT2D eigenvalue weighted by Crippen LogP contribution is 2.29. The van der Waals surface area contributed by atoms with Crippen molar-refractivity contribution in [2.75, 3.05) is 11.4 Å². The van der Waals surface area contributed by atoms with Gasteiger partial charge in [0.1, 0.15) is 6.33 Å². The third-order valence-electron chi connectivity index (χ3n) is 4.18. The maximum Gasteiger partial charge on any atom is 0.240 e. The lowest BCUT2D eigenvalue weighted by Crippen LogP contribution is -2.36. The molecule has 3 aromatic rings. The zero-order valence-corrected chi connectivity index (χ0v) is 15.8. The van der Waals surface area contributed by atoms with Gasteiger partial charge in [-0.15, -0.1) is 16.8 Å². The number of thioether (sulfide) groups is 1. The number of anilines is 1. The molecule has 0 N–H and O–H groups in total. The average Bonchev–Trinajstić information content (AvgIpc) is 3.09. The minimum absolute atomic E-state index is 0.0574. The molecule has 1 aromatic heterocycles. The van der Waals surface area contributed by atoms with Crippen LogP contribution in [-0.2, 0) is 11.3 Å². The molecule has 0 unspecified atom stereocenters. The number of aromatic nitrogens is 3. The van der Waals surface area contributed by atoms with Crippen LogP contribution in [0.3, 0.4) is 0 Å². The number of allylic oxidation sites excluding steroid dienone is 1. The largest absolute Gasteiger partial charge is 0.311 e. The van der Waals surface area contributed by atoms with Crippen molar-refractivity contribution in [3.8, 4) is 0 Å². The first-order chi connectivity index (χ1) is 12.7. The minimum atomic E-state index is -0.276. The highest BCUT2D eigenvalue weighted by molar-refractivity contribution is 8.00. The molecule has 2 aromatic carbocycles. The van der Waals surface area contributed by atoms with Crippen molar-refractivity contribution in [1.82, 2.24) is 14.8 Å². The summed E-state index contributed by atoms with van der Waals surface area (Å²) in [6.45, 7) is 8.88. The zero-order valence-electron chi connectivity index (χ0n) is 15.0. The van der Waals surface area contributed by atoms with Crippen LogP contribution in [0.4, 0.5) is 5.69 Å². The molecule has 0 radical (unpaired) electrons. The number of rotatable bonds is 7. The highest BCUT2D eigenvalue weighted by atomic mass is 32.2. The van der Waals surface area contributed by atoms with E-state index in [1.165, 1.54) is 11.8 Å². The Hall–Kier alpha value is -2.60. The molecule has 0 saturated heterocycles. The van der Waals surface area contributed by atoms with Gasteiger partial charge in [0, 0.05) is 18.5 Å². The number of amides is 1. The summed E-state index contributed by atoms with van der Waals surface area (Å²) >= 11 is 1.42. The number of carbonyl (C=O) groups excluding carboxylic acids is 1. The third kappa shape index (κ3) is 3.65. The lowest BCUT2D eigenvalue weighted by molar-refractivity contribution is -0.117. The van der Waals surface area contributed by atoms with Crippen LogP contribution in [0.2, 0.25) is 0 Å². The van der Waals surface area contributed by atoms with Crippen LogP contribution < -0.4 is 4.90 Å². The molecule has 1 atom stereocenters. The van der Waals surface area contributed by atoms with E-state index in [1.807, 2.05) is 47.6 Å². The Bertz CT molecular complexity index is 916. The number of benzene rings is 2. The smallest absolute Gasteiger partial charge is 0.240 e. The second-order valence-electron chi connectivity index (χ2n) is 5.90. The summed E-state index contributed by atoms with van der Waals surface area (Å²) < 4.78 is 1.88. The Morgan fingerprint density at radius 3 is 2.85 bits per heavy atom. The Morgan fingerprint density at radius 1 is 1.31 bits per heavy atom. The standard InChI is InChI=1S/C20H22N4OS/c1-4-13-23-14-21-22-20(23)26-15(3)19(25)24(5-2)18-12-8-10-16-9-6-7-11-17(16)18/h4,6-12,14-15H,1,5,13H2,2-3H3/t15-/m1/s1. The van der Waals surface area contributed by atoms with Crippen LogP contribution in [0.1, 0.15) is 13.8 Å². The van der Waals surface area contributed by atoms with Gasteiger partial charge in [0.05, 0.1) is 10.9 Å². The maximum absolute atomic E-state index is 13.1. The molecule has 134 valence electrons. The van der Waals surface area contributed by atoms with E-state index in [0.29, 0.717) is 13.1 Å². The van der Waals surface area contributed by atoms with Gasteiger partial charge in [0.2, 0.25) is 5.91 Å². The molecule has 0 aliphatic rings. The van der Waals surface area contributed by atoms with Gasteiger partial charge < -0.3 is 9.47 Å². The molecule has 0 spiro atoms. The number of fused-ring (bicyclic) bond motifs is 1. The van der Waals surface area contributed by atoms with Crippen molar-refractivity contribution < 1.29 is 4.79 Å². The summed E-state index contributed by atoms with van der Waals surface area (Å²) in [6, 6.07) is 14.2. The zero-order chi connectivity index (χ0) is 18.5. The first-order valence-electron chi connectivity index (χ1n) is 8.60. The molecule has 6 heteroatoms. The van der Waals surface area contributed by atoms with Crippen molar-refractivity contribution in [2.24, 2.45) is 0 Å². The van der Waals surface area contributed by atoms with Gasteiger partial charge in [-0.05, 0) is 25.3 Å². The minimum Gasteiger partial charge on any atom is -0.311 e. The lowest BCUT2D eigenvalue weighted by Gasteiger charge is -2.25. The monoisotopic (exact) mass is 366 g/mol. The Labute approximate surface area is 157 Å². The summed E-state index contributed by atoms with van der Waals surface area (Å²) in [7, 11) is 0. The van der Waals surface area contributed by atoms with Gasteiger partial charge in [-0.3, -0.25) is 4.79 Å². The fourth-order valence-electron chi connectivity index (χ4n) is 2.92. The summed E-state index contributed by atoms with van der Waals surface area (Å²) in [5.74, 6) is 0.0574. The molecule has 0 bridgehead atoms. The molecule has 0 aliphatic heterocycles. The van der Waals surface area contributed by atoms with Crippen LogP contribution in [0.5, 0.6) is 0 Å². The molecule has 0 aliphatic carbocycles. The summed E-state index contributed by atoms with van der Waals surface area (Å²) in [5, 5.41) is 10.7. The van der Waals surface area contributed by atoms with Gasteiger partial charge in [-0.25, -0.2) is 0 Å². The molecular formula is C20H22N4OS. The summed E-state index contributed by atoms with van der Waals surface area (Å²) in [5.41, 5.74) is 0.940. The van der Waals surface area contributed by atoms with Crippen molar-refractivity contribution in [3.63, 3.8) is 0 Å². The predicted molar refractivity (Wildman–Crippen MR) is 108 cm³/mol. The van der Waals surface area contributed by atoms with E-state index in [1.54, 1.807) is 12.4 Å². The number of nitrogens with zero attached hydrogens (tertiary/aromatic N) is 4. The fourth-order valence-corrected chi connectivity index (χ4v) is 3.81. The SMILES string of the molecule is C=CCn1cnnc1S[C@H](C)C(=O)N(CC)c1cccc2ccccc12. The van der Waals surface area contributed by atoms with E-state index >= 15 is 0 Å². The molecule has 26 heavy (non-hydrogen) atoms. The van der Waals surface area contributed by atoms with E-state index in [9.17, 15) is 4.79 Å². The van der Waals surface area contributed by atoms with Crippen LogP contribution >= 0.6 is 11.8 Å². The molecule has 5 nitrogen and oxygen atoms in total. The predicted octanol–water partition coefficient (Wildman–Crippen LogP) is 4.15. The van der Waals surface area contributed by atoms with Crippen LogP contribution in [-0.4, -0.2) is 32.5 Å². The first kappa shape index (κ1) is 18.2. The van der Waals surface area contributed by atoms with Gasteiger partial charge in [-0.1, -0.05) is 54.2 Å².